The highest BCUT2D eigenvalue weighted by Crippen LogP contribution is 2.40. The second kappa shape index (κ2) is 5.41. The van der Waals surface area contributed by atoms with E-state index in [-0.39, 0.29) is 0 Å². The Balaban J connectivity index is 1.85. The van der Waals surface area contributed by atoms with Gasteiger partial charge in [-0.3, -0.25) is 4.90 Å². The standard InChI is InChI=1S/C16H23NO2/c1-18-15-7-6-12(11-16(15)19-2)13-8-10-17-9-4-3-5-14(13)17/h6-7,11,13-14H,3-5,8-10H2,1-2H3/t13-,14-/m0/s1. The fourth-order valence-electron chi connectivity index (χ4n) is 3.72. The van der Waals surface area contributed by atoms with E-state index in [2.05, 4.69) is 17.0 Å². The Morgan fingerprint density at radius 3 is 2.63 bits per heavy atom. The lowest BCUT2D eigenvalue weighted by atomic mass is 9.87. The molecule has 0 aliphatic carbocycles. The zero-order chi connectivity index (χ0) is 13.2. The fourth-order valence-corrected chi connectivity index (χ4v) is 3.72. The molecule has 3 nitrogen and oxygen atoms in total. The highest BCUT2D eigenvalue weighted by atomic mass is 16.5. The Kier molecular flexibility index (Phi) is 3.65. The maximum atomic E-state index is 5.43. The van der Waals surface area contributed by atoms with E-state index in [0.717, 1.165) is 17.5 Å². The van der Waals surface area contributed by atoms with Gasteiger partial charge in [0, 0.05) is 12.0 Å². The average molecular weight is 261 g/mol. The van der Waals surface area contributed by atoms with E-state index in [1.54, 1.807) is 14.2 Å². The Hall–Kier alpha value is -1.22. The molecule has 2 saturated heterocycles. The first-order chi connectivity index (χ1) is 9.33. The summed E-state index contributed by atoms with van der Waals surface area (Å²) in [6, 6.07) is 7.16. The van der Waals surface area contributed by atoms with Crippen LogP contribution in [-0.4, -0.2) is 38.3 Å². The van der Waals surface area contributed by atoms with Crippen molar-refractivity contribution in [3.05, 3.63) is 23.8 Å². The van der Waals surface area contributed by atoms with Crippen LogP contribution >= 0.6 is 0 Å². The molecule has 2 aliphatic rings. The minimum Gasteiger partial charge on any atom is -0.493 e. The lowest BCUT2D eigenvalue weighted by Gasteiger charge is -2.32. The molecule has 3 rings (SSSR count). The zero-order valence-corrected chi connectivity index (χ0v) is 11.9. The van der Waals surface area contributed by atoms with Gasteiger partial charge in [0.05, 0.1) is 14.2 Å². The molecule has 0 radical (unpaired) electrons. The number of benzene rings is 1. The largest absolute Gasteiger partial charge is 0.493 e. The molecule has 2 fully saturated rings. The summed E-state index contributed by atoms with van der Waals surface area (Å²) in [5, 5.41) is 0. The predicted molar refractivity (Wildman–Crippen MR) is 76.1 cm³/mol. The molecule has 2 aliphatic heterocycles. The van der Waals surface area contributed by atoms with Gasteiger partial charge >= 0.3 is 0 Å². The maximum absolute atomic E-state index is 5.43. The summed E-state index contributed by atoms with van der Waals surface area (Å²) in [6.07, 6.45) is 5.37. The van der Waals surface area contributed by atoms with Gasteiger partial charge in [0.1, 0.15) is 0 Å². The van der Waals surface area contributed by atoms with Crippen LogP contribution in [-0.2, 0) is 0 Å². The Morgan fingerprint density at radius 2 is 1.84 bits per heavy atom. The first-order valence-corrected chi connectivity index (χ1v) is 7.29. The Bertz CT molecular complexity index is 446. The molecule has 104 valence electrons. The van der Waals surface area contributed by atoms with Crippen LogP contribution in [0.1, 0.15) is 37.2 Å². The summed E-state index contributed by atoms with van der Waals surface area (Å²) >= 11 is 0. The van der Waals surface area contributed by atoms with Crippen molar-refractivity contribution in [2.24, 2.45) is 0 Å². The lowest BCUT2D eigenvalue weighted by Crippen LogP contribution is -2.36. The highest BCUT2D eigenvalue weighted by Gasteiger charge is 2.36. The topological polar surface area (TPSA) is 21.7 Å². The van der Waals surface area contributed by atoms with Crippen molar-refractivity contribution in [2.45, 2.75) is 37.6 Å². The lowest BCUT2D eigenvalue weighted by molar-refractivity contribution is 0.188. The van der Waals surface area contributed by atoms with Crippen LogP contribution in [0.2, 0.25) is 0 Å². The number of methoxy groups -OCH3 is 2. The van der Waals surface area contributed by atoms with E-state index < -0.39 is 0 Å². The van der Waals surface area contributed by atoms with Gasteiger partial charge < -0.3 is 9.47 Å². The van der Waals surface area contributed by atoms with Crippen LogP contribution < -0.4 is 9.47 Å². The van der Waals surface area contributed by atoms with Crippen LogP contribution in [0.3, 0.4) is 0 Å². The minimum absolute atomic E-state index is 0.667. The molecule has 0 saturated carbocycles. The van der Waals surface area contributed by atoms with Gasteiger partial charge in [0.25, 0.3) is 0 Å². The third-order valence-electron chi connectivity index (χ3n) is 4.69. The molecule has 3 heteroatoms. The number of rotatable bonds is 3. The van der Waals surface area contributed by atoms with E-state index >= 15 is 0 Å². The van der Waals surface area contributed by atoms with E-state index in [1.165, 1.54) is 44.3 Å². The fraction of sp³-hybridized carbons (Fsp3) is 0.625. The molecule has 1 aromatic rings. The molecule has 0 spiro atoms. The maximum Gasteiger partial charge on any atom is 0.160 e. The molecule has 0 unspecified atom stereocenters. The van der Waals surface area contributed by atoms with Gasteiger partial charge in [-0.05, 0) is 50.0 Å². The van der Waals surface area contributed by atoms with E-state index in [9.17, 15) is 0 Å². The summed E-state index contributed by atoms with van der Waals surface area (Å²) in [5.74, 6) is 2.35. The summed E-state index contributed by atoms with van der Waals surface area (Å²) < 4.78 is 10.8. The second-order valence-electron chi connectivity index (χ2n) is 5.61. The average Bonchev–Trinajstić information content (AvgIpc) is 2.90. The van der Waals surface area contributed by atoms with Gasteiger partial charge in [-0.1, -0.05) is 12.5 Å². The quantitative estimate of drug-likeness (QED) is 0.834. The smallest absolute Gasteiger partial charge is 0.160 e. The molecule has 19 heavy (non-hydrogen) atoms. The van der Waals surface area contributed by atoms with Crippen LogP contribution in [0, 0.1) is 0 Å². The van der Waals surface area contributed by atoms with Gasteiger partial charge in [0.2, 0.25) is 0 Å². The van der Waals surface area contributed by atoms with Crippen LogP contribution in [0.5, 0.6) is 11.5 Å². The van der Waals surface area contributed by atoms with E-state index in [1.807, 2.05) is 6.07 Å². The van der Waals surface area contributed by atoms with Crippen molar-refractivity contribution in [2.75, 3.05) is 27.3 Å². The van der Waals surface area contributed by atoms with Crippen molar-refractivity contribution in [3.63, 3.8) is 0 Å². The van der Waals surface area contributed by atoms with Crippen molar-refractivity contribution in [1.29, 1.82) is 0 Å². The van der Waals surface area contributed by atoms with Crippen molar-refractivity contribution >= 4 is 0 Å². The third-order valence-corrected chi connectivity index (χ3v) is 4.69. The van der Waals surface area contributed by atoms with Crippen molar-refractivity contribution in [3.8, 4) is 11.5 Å². The highest BCUT2D eigenvalue weighted by molar-refractivity contribution is 5.44. The first-order valence-electron chi connectivity index (χ1n) is 7.29. The van der Waals surface area contributed by atoms with Gasteiger partial charge in [-0.25, -0.2) is 0 Å². The molecule has 2 heterocycles. The van der Waals surface area contributed by atoms with E-state index in [0.29, 0.717) is 5.92 Å². The Labute approximate surface area is 115 Å². The van der Waals surface area contributed by atoms with Gasteiger partial charge in [-0.2, -0.15) is 0 Å². The number of nitrogens with zero attached hydrogens (tertiary/aromatic N) is 1. The first kappa shape index (κ1) is 12.8. The number of ether oxygens (including phenoxy) is 2. The van der Waals surface area contributed by atoms with Crippen LogP contribution in [0.25, 0.3) is 0 Å². The van der Waals surface area contributed by atoms with Crippen LogP contribution in [0.15, 0.2) is 18.2 Å². The second-order valence-corrected chi connectivity index (χ2v) is 5.61. The van der Waals surface area contributed by atoms with Gasteiger partial charge in [0.15, 0.2) is 11.5 Å². The van der Waals surface area contributed by atoms with Gasteiger partial charge in [-0.15, -0.1) is 0 Å². The molecule has 0 aromatic heterocycles. The molecule has 0 amide bonds. The van der Waals surface area contributed by atoms with Crippen molar-refractivity contribution < 1.29 is 9.47 Å². The zero-order valence-electron chi connectivity index (χ0n) is 11.9. The number of piperidine rings is 1. The minimum atomic E-state index is 0.667. The summed E-state index contributed by atoms with van der Waals surface area (Å²) in [5.41, 5.74) is 1.41. The van der Waals surface area contributed by atoms with Crippen molar-refractivity contribution in [1.82, 2.24) is 4.90 Å². The Morgan fingerprint density at radius 1 is 1.00 bits per heavy atom. The molecule has 1 aromatic carbocycles. The number of hydrogen-bond donors (Lipinski definition) is 0. The van der Waals surface area contributed by atoms with Crippen LogP contribution in [0.4, 0.5) is 0 Å². The number of hydrogen-bond acceptors (Lipinski definition) is 3. The van der Waals surface area contributed by atoms with E-state index in [4.69, 9.17) is 9.47 Å². The molecule has 2 atom stereocenters. The SMILES string of the molecule is COc1ccc([C@@H]2CCN3CCCC[C@@H]23)cc1OC. The molecule has 0 N–H and O–H groups in total. The summed E-state index contributed by atoms with van der Waals surface area (Å²) in [7, 11) is 3.40. The number of fused-ring (bicyclic) bond motifs is 1. The third kappa shape index (κ3) is 2.32. The molecule has 0 bridgehead atoms. The monoisotopic (exact) mass is 261 g/mol. The molecular weight excluding hydrogens is 238 g/mol. The molecular formula is C16H23NO2. The normalized spacial score (nSPS) is 27.1. The summed E-state index contributed by atoms with van der Waals surface area (Å²) in [6.45, 7) is 2.54. The predicted octanol–water partition coefficient (Wildman–Crippen LogP) is 3.05. The summed E-state index contributed by atoms with van der Waals surface area (Å²) in [4.78, 5) is 2.67.